The zero-order chi connectivity index (χ0) is 23.5. The Labute approximate surface area is 203 Å². The first-order valence-corrected chi connectivity index (χ1v) is 12.2. The summed E-state index contributed by atoms with van der Waals surface area (Å²) in [6.07, 6.45) is 3.19. The van der Waals surface area contributed by atoms with Crippen LogP contribution < -0.4 is 14.8 Å². The number of nitrogens with zero attached hydrogens (tertiary/aromatic N) is 5. The molecule has 0 fully saturated rings. The Bertz CT molecular complexity index is 1470. The SMILES string of the molecule is CCOc1ccc2nc(NC(=O)CSc3ncnc4c3cnn4-c3ccc(OC)cc3)sc2c1. The molecule has 0 saturated heterocycles. The molecule has 5 aromatic rings. The van der Waals surface area contributed by atoms with Crippen molar-refractivity contribution < 1.29 is 14.3 Å². The number of ether oxygens (including phenoxy) is 2. The van der Waals surface area contributed by atoms with Crippen molar-refractivity contribution in [1.29, 1.82) is 0 Å². The molecule has 5 rings (SSSR count). The molecule has 3 heterocycles. The summed E-state index contributed by atoms with van der Waals surface area (Å²) in [7, 11) is 1.63. The second-order valence-corrected chi connectivity index (χ2v) is 9.08. The van der Waals surface area contributed by atoms with Gasteiger partial charge in [-0.1, -0.05) is 23.1 Å². The number of amides is 1. The smallest absolute Gasteiger partial charge is 0.236 e. The van der Waals surface area contributed by atoms with E-state index in [4.69, 9.17) is 9.47 Å². The molecule has 172 valence electrons. The predicted octanol–water partition coefficient (Wildman–Crippen LogP) is 4.56. The molecule has 0 atom stereocenters. The lowest BCUT2D eigenvalue weighted by Crippen LogP contribution is -2.13. The lowest BCUT2D eigenvalue weighted by atomic mass is 10.3. The maximum absolute atomic E-state index is 12.6. The van der Waals surface area contributed by atoms with Gasteiger partial charge in [-0.25, -0.2) is 19.6 Å². The highest BCUT2D eigenvalue weighted by atomic mass is 32.2. The molecule has 3 aromatic heterocycles. The molecule has 0 bridgehead atoms. The number of hydrogen-bond acceptors (Lipinski definition) is 9. The van der Waals surface area contributed by atoms with Gasteiger partial charge in [0.2, 0.25) is 5.91 Å². The minimum absolute atomic E-state index is 0.164. The van der Waals surface area contributed by atoms with Crippen molar-refractivity contribution >= 4 is 55.4 Å². The van der Waals surface area contributed by atoms with Gasteiger partial charge < -0.3 is 14.8 Å². The summed E-state index contributed by atoms with van der Waals surface area (Å²) < 4.78 is 13.4. The highest BCUT2D eigenvalue weighted by Gasteiger charge is 2.14. The van der Waals surface area contributed by atoms with Gasteiger partial charge in [0.05, 0.1) is 47.0 Å². The normalized spacial score (nSPS) is 11.1. The second-order valence-electron chi connectivity index (χ2n) is 7.09. The summed E-state index contributed by atoms with van der Waals surface area (Å²) >= 11 is 2.74. The van der Waals surface area contributed by atoms with Gasteiger partial charge in [-0.15, -0.1) is 0 Å². The molecule has 1 N–H and O–H groups in total. The number of carbonyl (C=O) groups is 1. The van der Waals surface area contributed by atoms with E-state index in [0.29, 0.717) is 22.4 Å². The minimum Gasteiger partial charge on any atom is -0.497 e. The third-order valence-corrected chi connectivity index (χ3v) is 6.84. The lowest BCUT2D eigenvalue weighted by Gasteiger charge is -2.05. The number of methoxy groups -OCH3 is 1. The van der Waals surface area contributed by atoms with Crippen LogP contribution in [0.15, 0.2) is 60.0 Å². The molecule has 11 heteroatoms. The summed E-state index contributed by atoms with van der Waals surface area (Å²) in [5.41, 5.74) is 2.34. The summed E-state index contributed by atoms with van der Waals surface area (Å²) in [6, 6.07) is 13.2. The first kappa shape index (κ1) is 22.1. The molecule has 0 aliphatic carbocycles. The van der Waals surface area contributed by atoms with Crippen LogP contribution in [0, 0.1) is 0 Å². The van der Waals surface area contributed by atoms with Gasteiger partial charge in [0.25, 0.3) is 0 Å². The van der Waals surface area contributed by atoms with Crippen LogP contribution in [0.1, 0.15) is 6.92 Å². The fraction of sp³-hybridized carbons (Fsp3) is 0.174. The van der Waals surface area contributed by atoms with E-state index in [1.807, 2.05) is 49.4 Å². The van der Waals surface area contributed by atoms with E-state index < -0.39 is 0 Å². The van der Waals surface area contributed by atoms with E-state index in [0.717, 1.165) is 32.8 Å². The Morgan fingerprint density at radius 2 is 1.97 bits per heavy atom. The van der Waals surface area contributed by atoms with Gasteiger partial charge in [0.1, 0.15) is 22.9 Å². The molecule has 34 heavy (non-hydrogen) atoms. The van der Waals surface area contributed by atoms with Crippen LogP contribution in [0.2, 0.25) is 0 Å². The van der Waals surface area contributed by atoms with Crippen molar-refractivity contribution in [3.63, 3.8) is 0 Å². The van der Waals surface area contributed by atoms with Crippen LogP contribution >= 0.6 is 23.1 Å². The van der Waals surface area contributed by atoms with E-state index >= 15 is 0 Å². The number of nitrogens with one attached hydrogen (secondary N) is 1. The van der Waals surface area contributed by atoms with Crippen LogP contribution in [0.4, 0.5) is 5.13 Å². The second kappa shape index (κ2) is 9.65. The predicted molar refractivity (Wildman–Crippen MR) is 133 cm³/mol. The quantitative estimate of drug-likeness (QED) is 0.248. The van der Waals surface area contributed by atoms with Gasteiger partial charge in [-0.05, 0) is 49.4 Å². The number of fused-ring (bicyclic) bond motifs is 2. The monoisotopic (exact) mass is 492 g/mol. The average Bonchev–Trinajstić information content (AvgIpc) is 3.46. The first-order chi connectivity index (χ1) is 16.6. The number of hydrogen-bond donors (Lipinski definition) is 1. The topological polar surface area (TPSA) is 104 Å². The van der Waals surface area contributed by atoms with Crippen molar-refractivity contribution in [3.05, 3.63) is 55.0 Å². The highest BCUT2D eigenvalue weighted by molar-refractivity contribution is 8.00. The van der Waals surface area contributed by atoms with E-state index in [-0.39, 0.29) is 11.7 Å². The first-order valence-electron chi connectivity index (χ1n) is 10.4. The van der Waals surface area contributed by atoms with Crippen molar-refractivity contribution in [2.45, 2.75) is 11.9 Å². The summed E-state index contributed by atoms with van der Waals surface area (Å²) in [4.78, 5) is 25.8. The lowest BCUT2D eigenvalue weighted by molar-refractivity contribution is -0.113. The zero-order valence-corrected chi connectivity index (χ0v) is 20.0. The van der Waals surface area contributed by atoms with E-state index in [2.05, 4.69) is 25.4 Å². The van der Waals surface area contributed by atoms with Crippen molar-refractivity contribution in [2.75, 3.05) is 24.8 Å². The van der Waals surface area contributed by atoms with Gasteiger partial charge in [0, 0.05) is 0 Å². The van der Waals surface area contributed by atoms with E-state index in [9.17, 15) is 4.79 Å². The van der Waals surface area contributed by atoms with Crippen LogP contribution in [0.3, 0.4) is 0 Å². The number of thiazole rings is 1. The van der Waals surface area contributed by atoms with Crippen LogP contribution in [-0.2, 0) is 4.79 Å². The Hall–Kier alpha value is -3.70. The fourth-order valence-electron chi connectivity index (χ4n) is 3.35. The van der Waals surface area contributed by atoms with Crippen molar-refractivity contribution in [1.82, 2.24) is 24.7 Å². The zero-order valence-electron chi connectivity index (χ0n) is 18.4. The number of rotatable bonds is 8. The number of thioether (sulfide) groups is 1. The Balaban J connectivity index is 1.28. The van der Waals surface area contributed by atoms with E-state index in [1.54, 1.807) is 18.0 Å². The molecule has 2 aromatic carbocycles. The summed E-state index contributed by atoms with van der Waals surface area (Å²) in [6.45, 7) is 2.54. The molecule has 0 aliphatic heterocycles. The maximum atomic E-state index is 12.6. The molecular weight excluding hydrogens is 472 g/mol. The molecule has 0 saturated carbocycles. The number of carbonyl (C=O) groups excluding carboxylic acids is 1. The van der Waals surface area contributed by atoms with Gasteiger partial charge in [-0.3, -0.25) is 4.79 Å². The van der Waals surface area contributed by atoms with Crippen LogP contribution in [0.25, 0.3) is 26.9 Å². The minimum atomic E-state index is -0.164. The maximum Gasteiger partial charge on any atom is 0.236 e. The fourth-order valence-corrected chi connectivity index (χ4v) is 5.03. The van der Waals surface area contributed by atoms with Gasteiger partial charge in [0.15, 0.2) is 10.8 Å². The number of aromatic nitrogens is 5. The molecule has 0 spiro atoms. The largest absolute Gasteiger partial charge is 0.497 e. The van der Waals surface area contributed by atoms with Crippen molar-refractivity contribution in [3.8, 4) is 17.2 Å². The van der Waals surface area contributed by atoms with Crippen LogP contribution in [-0.4, -0.2) is 50.1 Å². The Morgan fingerprint density at radius 3 is 2.76 bits per heavy atom. The standard InChI is InChI=1S/C23H20N6O3S2/c1-3-32-16-8-9-18-19(10-16)34-23(27-18)28-20(30)12-33-22-17-11-26-29(21(17)24-13-25-22)14-4-6-15(31-2)7-5-14/h4-11,13H,3,12H2,1-2H3,(H,27,28,30). The number of anilines is 1. The number of benzene rings is 2. The third kappa shape index (κ3) is 4.52. The molecule has 1 amide bonds. The molecule has 0 aliphatic rings. The molecule has 9 nitrogen and oxygen atoms in total. The molecule has 0 unspecified atom stereocenters. The Kier molecular flexibility index (Phi) is 6.28. The van der Waals surface area contributed by atoms with E-state index in [1.165, 1.54) is 29.4 Å². The van der Waals surface area contributed by atoms with Gasteiger partial charge >= 0.3 is 0 Å². The summed E-state index contributed by atoms with van der Waals surface area (Å²) in [5, 5.41) is 9.35. The van der Waals surface area contributed by atoms with Gasteiger partial charge in [-0.2, -0.15) is 5.10 Å². The third-order valence-electron chi connectivity index (χ3n) is 4.90. The average molecular weight is 493 g/mol. The molecule has 0 radical (unpaired) electrons. The molecular formula is C23H20N6O3S2. The Morgan fingerprint density at radius 1 is 1.15 bits per heavy atom. The summed E-state index contributed by atoms with van der Waals surface area (Å²) in [5.74, 6) is 1.57. The highest BCUT2D eigenvalue weighted by Crippen LogP contribution is 2.30. The van der Waals surface area contributed by atoms with Crippen LogP contribution in [0.5, 0.6) is 11.5 Å². The van der Waals surface area contributed by atoms with Crippen molar-refractivity contribution in [2.24, 2.45) is 0 Å².